The smallest absolute Gasteiger partial charge is 0.0472 e. The number of hydrogen-bond acceptors (Lipinski definition) is 0. The number of rotatable bonds is 2. The Morgan fingerprint density at radius 2 is 1.87 bits per heavy atom. The summed E-state index contributed by atoms with van der Waals surface area (Å²) in [6, 6.07) is 13.0. The Kier molecular flexibility index (Phi) is 2.09. The van der Waals surface area contributed by atoms with Crippen molar-refractivity contribution in [2.24, 2.45) is 0 Å². The molecular weight excluding hydrogens is 182 g/mol. The summed E-state index contributed by atoms with van der Waals surface area (Å²) < 4.78 is 2.40. The number of fused-ring (bicyclic) bond motifs is 1. The second kappa shape index (κ2) is 3.58. The zero-order valence-electron chi connectivity index (χ0n) is 8.82. The molecule has 0 fully saturated rings. The van der Waals surface area contributed by atoms with E-state index >= 15 is 0 Å². The standard InChI is InChI=1S/C14H15N/c1-2-5-12(6-3-1)11-15-10-9-13-7-4-8-14(13)15/h1-3,5-6,9-10H,4,7-8,11H2. The van der Waals surface area contributed by atoms with Crippen LogP contribution in [0.15, 0.2) is 42.6 Å². The summed E-state index contributed by atoms with van der Waals surface area (Å²) in [6.07, 6.45) is 6.10. The SMILES string of the molecule is c1ccc(Cn2ccc3c2CCC3)cc1. The van der Waals surface area contributed by atoms with Gasteiger partial charge in [-0.25, -0.2) is 0 Å². The first-order valence-corrected chi connectivity index (χ1v) is 5.64. The molecule has 0 radical (unpaired) electrons. The van der Waals surface area contributed by atoms with Crippen molar-refractivity contribution in [3.05, 3.63) is 59.4 Å². The highest BCUT2D eigenvalue weighted by molar-refractivity contribution is 5.28. The Balaban J connectivity index is 1.89. The first kappa shape index (κ1) is 8.78. The van der Waals surface area contributed by atoms with Crippen molar-refractivity contribution < 1.29 is 0 Å². The second-order valence-corrected chi connectivity index (χ2v) is 4.25. The summed E-state index contributed by atoms with van der Waals surface area (Å²) in [6.45, 7) is 1.02. The lowest BCUT2D eigenvalue weighted by molar-refractivity contribution is 0.742. The molecule has 0 amide bonds. The van der Waals surface area contributed by atoms with Gasteiger partial charge < -0.3 is 4.57 Å². The minimum atomic E-state index is 1.02. The van der Waals surface area contributed by atoms with E-state index in [1.165, 1.54) is 24.8 Å². The van der Waals surface area contributed by atoms with Gasteiger partial charge in [-0.3, -0.25) is 0 Å². The summed E-state index contributed by atoms with van der Waals surface area (Å²) in [5.41, 5.74) is 4.51. The summed E-state index contributed by atoms with van der Waals surface area (Å²) in [7, 11) is 0. The molecule has 0 atom stereocenters. The molecule has 0 bridgehead atoms. The van der Waals surface area contributed by atoms with Crippen LogP contribution in [0.2, 0.25) is 0 Å². The highest BCUT2D eigenvalue weighted by Crippen LogP contribution is 2.23. The third kappa shape index (κ3) is 1.58. The van der Waals surface area contributed by atoms with Crippen molar-refractivity contribution in [1.82, 2.24) is 4.57 Å². The largest absolute Gasteiger partial charge is 0.347 e. The number of nitrogens with zero attached hydrogens (tertiary/aromatic N) is 1. The van der Waals surface area contributed by atoms with Crippen molar-refractivity contribution in [1.29, 1.82) is 0 Å². The molecule has 1 aliphatic rings. The molecule has 0 aliphatic heterocycles. The van der Waals surface area contributed by atoms with Crippen LogP contribution in [-0.4, -0.2) is 4.57 Å². The van der Waals surface area contributed by atoms with Crippen molar-refractivity contribution >= 4 is 0 Å². The predicted octanol–water partition coefficient (Wildman–Crippen LogP) is 3.03. The highest BCUT2D eigenvalue weighted by atomic mass is 15.0. The van der Waals surface area contributed by atoms with Gasteiger partial charge in [0.05, 0.1) is 0 Å². The quantitative estimate of drug-likeness (QED) is 0.697. The minimum Gasteiger partial charge on any atom is -0.347 e. The molecule has 0 N–H and O–H groups in total. The first-order chi connectivity index (χ1) is 7.43. The maximum atomic E-state index is 2.40. The van der Waals surface area contributed by atoms with Crippen LogP contribution in [0.3, 0.4) is 0 Å². The Morgan fingerprint density at radius 1 is 1.00 bits per heavy atom. The summed E-state index contributed by atoms with van der Waals surface area (Å²) in [5, 5.41) is 0. The molecule has 0 saturated heterocycles. The van der Waals surface area contributed by atoms with Crippen LogP contribution in [0.4, 0.5) is 0 Å². The van der Waals surface area contributed by atoms with Gasteiger partial charge in [-0.05, 0) is 36.5 Å². The zero-order valence-corrected chi connectivity index (χ0v) is 8.82. The van der Waals surface area contributed by atoms with Gasteiger partial charge >= 0.3 is 0 Å². The Bertz CT molecular complexity index is 453. The fraction of sp³-hybridized carbons (Fsp3) is 0.286. The summed E-state index contributed by atoms with van der Waals surface area (Å²) in [4.78, 5) is 0. The third-order valence-electron chi connectivity index (χ3n) is 3.23. The van der Waals surface area contributed by atoms with Gasteiger partial charge in [0.2, 0.25) is 0 Å². The van der Waals surface area contributed by atoms with Gasteiger partial charge in [0.25, 0.3) is 0 Å². The van der Waals surface area contributed by atoms with E-state index in [9.17, 15) is 0 Å². The van der Waals surface area contributed by atoms with Crippen LogP contribution < -0.4 is 0 Å². The average Bonchev–Trinajstić information content (AvgIpc) is 2.85. The first-order valence-electron chi connectivity index (χ1n) is 5.64. The number of hydrogen-bond donors (Lipinski definition) is 0. The molecule has 1 heteroatoms. The lowest BCUT2D eigenvalue weighted by Crippen LogP contribution is -2.01. The van der Waals surface area contributed by atoms with E-state index < -0.39 is 0 Å². The predicted molar refractivity (Wildman–Crippen MR) is 62.0 cm³/mol. The lowest BCUT2D eigenvalue weighted by atomic mass is 10.2. The van der Waals surface area contributed by atoms with E-state index in [1.807, 2.05) is 0 Å². The monoisotopic (exact) mass is 197 g/mol. The van der Waals surface area contributed by atoms with Gasteiger partial charge in [0, 0.05) is 18.4 Å². The van der Waals surface area contributed by atoms with Gasteiger partial charge in [0.15, 0.2) is 0 Å². The van der Waals surface area contributed by atoms with E-state index in [4.69, 9.17) is 0 Å². The van der Waals surface area contributed by atoms with Crippen LogP contribution in [0.1, 0.15) is 23.2 Å². The van der Waals surface area contributed by atoms with E-state index in [0.29, 0.717) is 0 Å². The Labute approximate surface area is 90.4 Å². The van der Waals surface area contributed by atoms with Crippen molar-refractivity contribution in [3.63, 3.8) is 0 Å². The van der Waals surface area contributed by atoms with Gasteiger partial charge in [-0.2, -0.15) is 0 Å². The van der Waals surface area contributed by atoms with E-state index in [-0.39, 0.29) is 0 Å². The maximum Gasteiger partial charge on any atom is 0.0472 e. The Hall–Kier alpha value is -1.50. The molecule has 15 heavy (non-hydrogen) atoms. The van der Waals surface area contributed by atoms with Gasteiger partial charge in [-0.15, -0.1) is 0 Å². The summed E-state index contributed by atoms with van der Waals surface area (Å²) in [5.74, 6) is 0. The van der Waals surface area contributed by atoms with E-state index in [0.717, 1.165) is 6.54 Å². The highest BCUT2D eigenvalue weighted by Gasteiger charge is 2.14. The summed E-state index contributed by atoms with van der Waals surface area (Å²) >= 11 is 0. The van der Waals surface area contributed by atoms with Gasteiger partial charge in [0.1, 0.15) is 0 Å². The number of benzene rings is 1. The molecule has 1 heterocycles. The fourth-order valence-electron chi connectivity index (χ4n) is 2.46. The molecule has 0 saturated carbocycles. The Morgan fingerprint density at radius 3 is 2.73 bits per heavy atom. The molecule has 1 aromatic carbocycles. The van der Waals surface area contributed by atoms with Crippen molar-refractivity contribution in [2.75, 3.05) is 0 Å². The van der Waals surface area contributed by atoms with Crippen LogP contribution in [0.25, 0.3) is 0 Å². The maximum absolute atomic E-state index is 2.40. The fourth-order valence-corrected chi connectivity index (χ4v) is 2.46. The minimum absolute atomic E-state index is 1.02. The van der Waals surface area contributed by atoms with Crippen molar-refractivity contribution in [2.45, 2.75) is 25.8 Å². The van der Waals surface area contributed by atoms with Gasteiger partial charge in [-0.1, -0.05) is 30.3 Å². The second-order valence-electron chi connectivity index (χ2n) is 4.25. The molecule has 1 aliphatic carbocycles. The average molecular weight is 197 g/mol. The molecule has 1 nitrogen and oxygen atoms in total. The number of aromatic nitrogens is 1. The number of aryl methyl sites for hydroxylation is 1. The normalized spacial score (nSPS) is 14.1. The van der Waals surface area contributed by atoms with Crippen molar-refractivity contribution in [3.8, 4) is 0 Å². The van der Waals surface area contributed by atoms with Crippen LogP contribution in [0.5, 0.6) is 0 Å². The lowest BCUT2D eigenvalue weighted by Gasteiger charge is -2.07. The molecule has 0 spiro atoms. The van der Waals surface area contributed by atoms with Crippen LogP contribution >= 0.6 is 0 Å². The molecule has 3 rings (SSSR count). The van der Waals surface area contributed by atoms with E-state index in [1.54, 1.807) is 11.3 Å². The molecule has 0 unspecified atom stereocenters. The van der Waals surface area contributed by atoms with E-state index in [2.05, 4.69) is 47.2 Å². The third-order valence-corrected chi connectivity index (χ3v) is 3.23. The zero-order chi connectivity index (χ0) is 10.1. The molecule has 76 valence electrons. The van der Waals surface area contributed by atoms with Crippen LogP contribution in [0, 0.1) is 0 Å². The molecule has 1 aromatic heterocycles. The van der Waals surface area contributed by atoms with Crippen LogP contribution in [-0.2, 0) is 19.4 Å². The molecular formula is C14H15N. The topological polar surface area (TPSA) is 4.93 Å². The molecule has 2 aromatic rings.